The number of nitrogens with one attached hydrogen (secondary N) is 1. The van der Waals surface area contributed by atoms with E-state index in [1.54, 1.807) is 6.20 Å². The van der Waals surface area contributed by atoms with Crippen molar-refractivity contribution in [3.05, 3.63) is 96.7 Å². The molecule has 0 atom stereocenters. The van der Waals surface area contributed by atoms with Crippen LogP contribution >= 0.6 is 0 Å². The molecule has 7 rings (SSSR count). The van der Waals surface area contributed by atoms with Gasteiger partial charge in [0.2, 0.25) is 0 Å². The summed E-state index contributed by atoms with van der Waals surface area (Å²) in [5.74, 6) is 2.33. The van der Waals surface area contributed by atoms with E-state index >= 15 is 0 Å². The zero-order valence-electron chi connectivity index (χ0n) is 19.1. The Balaban J connectivity index is 1.41. The number of hydrogen-bond donors (Lipinski definition) is 2. The first kappa shape index (κ1) is 20.1. The topological polar surface area (TPSA) is 81.7 Å². The normalized spacial score (nSPS) is 15.1. The van der Waals surface area contributed by atoms with E-state index in [0.29, 0.717) is 0 Å². The predicted molar refractivity (Wildman–Crippen MR) is 138 cm³/mol. The Morgan fingerprint density at radius 3 is 2.31 bits per heavy atom. The fourth-order valence-corrected chi connectivity index (χ4v) is 5.12. The van der Waals surface area contributed by atoms with E-state index in [4.69, 9.17) is 5.73 Å². The van der Waals surface area contributed by atoms with Gasteiger partial charge in [0, 0.05) is 22.9 Å². The Labute approximate surface area is 203 Å². The largest absolute Gasteiger partial charge is 0.338 e. The van der Waals surface area contributed by atoms with Crippen molar-refractivity contribution in [3.8, 4) is 39.6 Å². The zero-order valence-corrected chi connectivity index (χ0v) is 19.1. The molecule has 3 N–H and O–H groups in total. The second-order valence-corrected chi connectivity index (χ2v) is 9.39. The third-order valence-electron chi connectivity index (χ3n) is 7.27. The lowest BCUT2D eigenvalue weighted by atomic mass is 9.73. The lowest BCUT2D eigenvalue weighted by molar-refractivity contribution is 0.253. The number of nitrogens with zero attached hydrogens (tertiary/aromatic N) is 4. The maximum Gasteiger partial charge on any atom is 0.171 e. The molecule has 0 spiro atoms. The van der Waals surface area contributed by atoms with Crippen LogP contribution in [0, 0.1) is 0 Å². The second kappa shape index (κ2) is 7.61. The molecular formula is C29H24N6. The molecule has 0 radical (unpaired) electrons. The predicted octanol–water partition coefficient (Wildman–Crippen LogP) is 6.06. The molecule has 0 saturated heterocycles. The smallest absolute Gasteiger partial charge is 0.171 e. The molecule has 0 amide bonds. The summed E-state index contributed by atoms with van der Waals surface area (Å²) in [7, 11) is 0. The van der Waals surface area contributed by atoms with E-state index in [2.05, 4.69) is 91.8 Å². The van der Waals surface area contributed by atoms with Gasteiger partial charge < -0.3 is 11.1 Å². The molecule has 6 nitrogen and oxygen atoms in total. The van der Waals surface area contributed by atoms with Gasteiger partial charge in [-0.2, -0.15) is 0 Å². The average molecular weight is 457 g/mol. The minimum atomic E-state index is -0.187. The highest BCUT2D eigenvalue weighted by atomic mass is 15.3. The molecule has 2 aromatic heterocycles. The Hall–Kier alpha value is -4.29. The highest BCUT2D eigenvalue weighted by Crippen LogP contribution is 2.42. The Morgan fingerprint density at radius 2 is 1.54 bits per heavy atom. The van der Waals surface area contributed by atoms with Crippen LogP contribution in [0.4, 0.5) is 11.5 Å². The molecule has 5 aromatic rings. The van der Waals surface area contributed by atoms with Crippen LogP contribution in [-0.2, 0) is 5.54 Å². The maximum absolute atomic E-state index is 6.55. The lowest BCUT2D eigenvalue weighted by Crippen LogP contribution is -2.43. The molecule has 1 fully saturated rings. The molecule has 3 heterocycles. The van der Waals surface area contributed by atoms with Crippen LogP contribution in [0.5, 0.6) is 0 Å². The molecule has 6 heteroatoms. The van der Waals surface area contributed by atoms with Gasteiger partial charge in [-0.25, -0.2) is 4.98 Å². The van der Waals surface area contributed by atoms with Crippen LogP contribution in [0.25, 0.3) is 39.6 Å². The van der Waals surface area contributed by atoms with Crippen molar-refractivity contribution in [1.82, 2.24) is 19.7 Å². The van der Waals surface area contributed by atoms with Crippen molar-refractivity contribution in [1.29, 1.82) is 0 Å². The molecule has 35 heavy (non-hydrogen) atoms. The van der Waals surface area contributed by atoms with Gasteiger partial charge in [-0.05, 0) is 60.2 Å². The fraction of sp³-hybridized carbons (Fsp3) is 0.138. The minimum absolute atomic E-state index is 0.187. The monoisotopic (exact) mass is 456 g/mol. The highest BCUT2D eigenvalue weighted by Gasteiger charge is 2.34. The maximum atomic E-state index is 6.55. The van der Waals surface area contributed by atoms with Crippen molar-refractivity contribution in [3.63, 3.8) is 0 Å². The molecule has 0 unspecified atom stereocenters. The highest BCUT2D eigenvalue weighted by molar-refractivity contribution is 5.87. The summed E-state index contributed by atoms with van der Waals surface area (Å²) >= 11 is 0. The minimum Gasteiger partial charge on any atom is -0.338 e. The van der Waals surface area contributed by atoms with Gasteiger partial charge in [0.25, 0.3) is 0 Å². The van der Waals surface area contributed by atoms with Gasteiger partial charge in [0.05, 0.1) is 11.4 Å². The summed E-state index contributed by atoms with van der Waals surface area (Å²) in [6.45, 7) is 0. The number of fused-ring (bicyclic) bond motifs is 5. The van der Waals surface area contributed by atoms with E-state index in [0.717, 1.165) is 63.9 Å². The van der Waals surface area contributed by atoms with Crippen LogP contribution in [0.3, 0.4) is 0 Å². The number of rotatable bonds is 3. The molecule has 1 saturated carbocycles. The number of benzene rings is 3. The summed E-state index contributed by atoms with van der Waals surface area (Å²) in [6, 6.07) is 29.2. The summed E-state index contributed by atoms with van der Waals surface area (Å²) < 4.78 is 2.10. The number of pyridine rings is 1. The van der Waals surface area contributed by atoms with Gasteiger partial charge >= 0.3 is 0 Å². The lowest BCUT2D eigenvalue weighted by Gasteiger charge is -2.38. The van der Waals surface area contributed by atoms with Gasteiger partial charge in [-0.15, -0.1) is 10.2 Å². The van der Waals surface area contributed by atoms with Crippen LogP contribution in [0.15, 0.2) is 91.1 Å². The average Bonchev–Trinajstić information content (AvgIpc) is 3.28. The Kier molecular flexibility index (Phi) is 4.38. The van der Waals surface area contributed by atoms with Crippen LogP contribution < -0.4 is 11.1 Å². The molecule has 170 valence electrons. The quantitative estimate of drug-likeness (QED) is 0.338. The Bertz CT molecular complexity index is 1550. The number of aromatic nitrogens is 4. The van der Waals surface area contributed by atoms with Crippen LogP contribution in [0.2, 0.25) is 0 Å². The standard InChI is InChI=1S/C29H24N6/c30-29(15-5-16-29)22-12-9-20(10-13-22)27-33-34-28-23-18-21(19-6-2-1-3-7-19)11-14-24(23)32-26-25(35(27)28)8-4-17-31-26/h1-4,6-14,17-18H,5,15-16,30H2,(H,31,32). The third kappa shape index (κ3) is 3.18. The SMILES string of the molecule is NC1(c2ccc(-c3nnc4n3-c3cccnc3Nc3ccc(-c5ccccc5)cc3-4)cc2)CCC1. The van der Waals surface area contributed by atoms with Gasteiger partial charge in [0.1, 0.15) is 0 Å². The first-order chi connectivity index (χ1) is 17.2. The van der Waals surface area contributed by atoms with Gasteiger partial charge in [0.15, 0.2) is 17.5 Å². The van der Waals surface area contributed by atoms with E-state index in [1.165, 1.54) is 12.0 Å². The second-order valence-electron chi connectivity index (χ2n) is 9.39. The van der Waals surface area contributed by atoms with Crippen LogP contribution in [-0.4, -0.2) is 19.7 Å². The molecule has 3 aromatic carbocycles. The summed E-state index contributed by atoms with van der Waals surface area (Å²) in [4.78, 5) is 4.63. The van der Waals surface area contributed by atoms with E-state index in [-0.39, 0.29) is 5.54 Å². The van der Waals surface area contributed by atoms with Gasteiger partial charge in [-0.3, -0.25) is 4.57 Å². The first-order valence-corrected chi connectivity index (χ1v) is 12.0. The van der Waals surface area contributed by atoms with Gasteiger partial charge in [-0.1, -0.05) is 60.7 Å². The number of anilines is 2. The van der Waals surface area contributed by atoms with E-state index in [9.17, 15) is 0 Å². The number of nitrogens with two attached hydrogens (primary N) is 1. The number of hydrogen-bond acceptors (Lipinski definition) is 5. The molecule has 1 aliphatic carbocycles. The first-order valence-electron chi connectivity index (χ1n) is 12.0. The fourth-order valence-electron chi connectivity index (χ4n) is 5.12. The molecular weight excluding hydrogens is 432 g/mol. The van der Waals surface area contributed by atoms with Crippen molar-refractivity contribution >= 4 is 11.5 Å². The summed E-state index contributed by atoms with van der Waals surface area (Å²) in [5, 5.41) is 12.9. The van der Waals surface area contributed by atoms with Crippen molar-refractivity contribution in [2.45, 2.75) is 24.8 Å². The van der Waals surface area contributed by atoms with Crippen molar-refractivity contribution < 1.29 is 0 Å². The van der Waals surface area contributed by atoms with E-state index in [1.807, 2.05) is 18.2 Å². The molecule has 0 bridgehead atoms. The molecule has 1 aliphatic heterocycles. The van der Waals surface area contributed by atoms with Crippen molar-refractivity contribution in [2.75, 3.05) is 5.32 Å². The van der Waals surface area contributed by atoms with Crippen LogP contribution in [0.1, 0.15) is 24.8 Å². The third-order valence-corrected chi connectivity index (χ3v) is 7.27. The van der Waals surface area contributed by atoms with E-state index < -0.39 is 0 Å². The summed E-state index contributed by atoms with van der Waals surface area (Å²) in [6.07, 6.45) is 5.07. The molecule has 2 aliphatic rings. The zero-order chi connectivity index (χ0) is 23.4. The summed E-state index contributed by atoms with van der Waals surface area (Å²) in [5.41, 5.74) is 13.7. The van der Waals surface area contributed by atoms with Crippen molar-refractivity contribution in [2.24, 2.45) is 5.73 Å². The Morgan fingerprint density at radius 1 is 0.771 bits per heavy atom.